The minimum atomic E-state index is -3.72. The van der Waals surface area contributed by atoms with Crippen LogP contribution in [0.3, 0.4) is 0 Å². The molecule has 2 aromatic rings. The number of hydrogen-bond acceptors (Lipinski definition) is 3. The molecule has 32 heavy (non-hydrogen) atoms. The molecule has 0 saturated heterocycles. The van der Waals surface area contributed by atoms with Gasteiger partial charge >= 0.3 is 6.03 Å². The zero-order valence-corrected chi connectivity index (χ0v) is 19.1. The number of anilines is 1. The third-order valence-electron chi connectivity index (χ3n) is 7.15. The highest BCUT2D eigenvalue weighted by Gasteiger charge is 2.44. The first-order valence-corrected chi connectivity index (χ1v) is 12.9. The summed E-state index contributed by atoms with van der Waals surface area (Å²) in [6, 6.07) is 6.03. The fourth-order valence-corrected chi connectivity index (χ4v) is 6.39. The van der Waals surface area contributed by atoms with Crippen LogP contribution in [0.15, 0.2) is 33.5 Å². The van der Waals surface area contributed by atoms with Crippen molar-refractivity contribution in [1.82, 2.24) is 5.32 Å². The van der Waals surface area contributed by atoms with Crippen LogP contribution >= 0.6 is 0 Å². The minimum absolute atomic E-state index is 0.0772. The Morgan fingerprint density at radius 2 is 1.78 bits per heavy atom. The summed E-state index contributed by atoms with van der Waals surface area (Å²) in [5.41, 5.74) is 6.41. The van der Waals surface area contributed by atoms with Crippen LogP contribution in [0.1, 0.15) is 53.5 Å². The quantitative estimate of drug-likeness (QED) is 0.635. The Kier molecular flexibility index (Phi) is 5.34. The predicted molar refractivity (Wildman–Crippen MR) is 124 cm³/mol. The summed E-state index contributed by atoms with van der Waals surface area (Å²) in [5.74, 6) is -0.685. The number of fused-ring (bicyclic) bond motifs is 2. The SMILES string of the molecule is CNCC1(c2ccc([S@](N)(=O)=NC(=O)Nc3c4c(cc5c3CCC5)CCC4)c(F)c2)CC1. The Bertz CT molecular complexity index is 1200. The highest BCUT2D eigenvalue weighted by Crippen LogP contribution is 2.48. The molecule has 1 atom stereocenters. The lowest BCUT2D eigenvalue weighted by Gasteiger charge is -2.17. The van der Waals surface area contributed by atoms with Gasteiger partial charge < -0.3 is 10.6 Å². The topological polar surface area (TPSA) is 96.6 Å². The van der Waals surface area contributed by atoms with Crippen LogP contribution in [0.4, 0.5) is 14.9 Å². The van der Waals surface area contributed by atoms with E-state index in [-0.39, 0.29) is 10.3 Å². The number of nitrogens with one attached hydrogen (secondary N) is 2. The van der Waals surface area contributed by atoms with Crippen molar-refractivity contribution in [1.29, 1.82) is 0 Å². The summed E-state index contributed by atoms with van der Waals surface area (Å²) in [6.07, 6.45) is 7.87. The number of carbonyl (C=O) groups excluding carboxylic acids is 1. The second kappa shape index (κ2) is 7.93. The number of urea groups is 1. The van der Waals surface area contributed by atoms with E-state index >= 15 is 0 Å². The molecule has 2 aromatic carbocycles. The molecule has 2 amide bonds. The lowest BCUT2D eigenvalue weighted by atomic mass is 9.96. The van der Waals surface area contributed by atoms with Gasteiger partial charge in [0.15, 0.2) is 0 Å². The third kappa shape index (κ3) is 3.74. The molecule has 0 heterocycles. The zero-order valence-electron chi connectivity index (χ0n) is 18.3. The average molecular weight is 457 g/mol. The molecule has 0 unspecified atom stereocenters. The number of carbonyl (C=O) groups is 1. The van der Waals surface area contributed by atoms with Gasteiger partial charge in [0.05, 0.1) is 4.90 Å². The molecule has 1 fully saturated rings. The zero-order chi connectivity index (χ0) is 22.5. The number of nitrogens with two attached hydrogens (primary N) is 1. The molecule has 6 nitrogen and oxygen atoms in total. The molecule has 1 saturated carbocycles. The van der Waals surface area contributed by atoms with Gasteiger partial charge in [0.25, 0.3) is 0 Å². The van der Waals surface area contributed by atoms with Gasteiger partial charge in [-0.25, -0.2) is 18.5 Å². The Labute approximate surface area is 188 Å². The molecule has 0 bridgehead atoms. The predicted octanol–water partition coefficient (Wildman–Crippen LogP) is 3.99. The fourth-order valence-electron chi connectivity index (χ4n) is 5.39. The highest BCUT2D eigenvalue weighted by atomic mass is 32.2. The van der Waals surface area contributed by atoms with Crippen molar-refractivity contribution in [2.45, 2.75) is 61.7 Å². The Morgan fingerprint density at radius 3 is 2.34 bits per heavy atom. The average Bonchev–Trinajstić information content (AvgIpc) is 3.14. The Hall–Kier alpha value is -2.29. The van der Waals surface area contributed by atoms with E-state index in [0.29, 0.717) is 0 Å². The smallest absolute Gasteiger partial charge is 0.319 e. The lowest BCUT2D eigenvalue weighted by Crippen LogP contribution is -2.24. The first kappa shape index (κ1) is 21.6. The maximum Gasteiger partial charge on any atom is 0.354 e. The molecule has 0 aliphatic heterocycles. The number of aryl methyl sites for hydroxylation is 2. The number of benzene rings is 2. The van der Waals surface area contributed by atoms with Crippen molar-refractivity contribution in [2.24, 2.45) is 9.50 Å². The number of rotatable bonds is 5. The Morgan fingerprint density at radius 1 is 1.12 bits per heavy atom. The van der Waals surface area contributed by atoms with E-state index < -0.39 is 21.8 Å². The first-order chi connectivity index (χ1) is 15.3. The molecule has 8 heteroatoms. The maximum absolute atomic E-state index is 14.9. The van der Waals surface area contributed by atoms with E-state index in [0.717, 1.165) is 80.3 Å². The first-order valence-electron chi connectivity index (χ1n) is 11.3. The second-order valence-corrected chi connectivity index (χ2v) is 11.0. The largest absolute Gasteiger partial charge is 0.354 e. The fraction of sp³-hybridized carbons (Fsp3) is 0.458. The molecule has 0 aromatic heterocycles. The summed E-state index contributed by atoms with van der Waals surface area (Å²) in [4.78, 5) is 12.5. The number of halogens is 1. The molecular weight excluding hydrogens is 427 g/mol. The minimum Gasteiger partial charge on any atom is -0.319 e. The van der Waals surface area contributed by atoms with Gasteiger partial charge in [-0.3, -0.25) is 0 Å². The highest BCUT2D eigenvalue weighted by molar-refractivity contribution is 7.91. The van der Waals surface area contributed by atoms with E-state index in [1.54, 1.807) is 6.07 Å². The number of likely N-dealkylation sites (N-methyl/N-ethyl adjacent to an activating group) is 1. The van der Waals surface area contributed by atoms with Gasteiger partial charge in [-0.15, -0.1) is 4.36 Å². The van der Waals surface area contributed by atoms with E-state index in [9.17, 15) is 13.4 Å². The van der Waals surface area contributed by atoms with Crippen molar-refractivity contribution in [2.75, 3.05) is 18.9 Å². The summed E-state index contributed by atoms with van der Waals surface area (Å²) < 4.78 is 31.7. The van der Waals surface area contributed by atoms with E-state index in [1.165, 1.54) is 23.3 Å². The second-order valence-electron chi connectivity index (χ2n) is 9.28. The standard InChI is InChI=1S/C24H29FN4O2S/c1-27-14-24(10-11-24)17-8-9-21(20(25)13-17)32(26,31)29-23(30)28-22-18-6-2-4-15(18)12-16-5-3-7-19(16)22/h8-9,12-13,27H,2-7,10-11,14H2,1H3,(H3,26,28,29,30,31)/t32-/m1/s1. The van der Waals surface area contributed by atoms with Gasteiger partial charge in [0.1, 0.15) is 15.7 Å². The number of amides is 2. The number of hydrogen-bond donors (Lipinski definition) is 3. The lowest BCUT2D eigenvalue weighted by molar-refractivity contribution is 0.260. The molecule has 5 rings (SSSR count). The van der Waals surface area contributed by atoms with Crippen LogP contribution in [0.25, 0.3) is 0 Å². The summed E-state index contributed by atoms with van der Waals surface area (Å²) in [6.45, 7) is 0.752. The van der Waals surface area contributed by atoms with Gasteiger partial charge in [-0.05, 0) is 98.4 Å². The molecule has 3 aliphatic carbocycles. The van der Waals surface area contributed by atoms with Crippen molar-refractivity contribution in [3.63, 3.8) is 0 Å². The normalized spacial score (nSPS) is 19.7. The number of nitrogens with zero attached hydrogens (tertiary/aromatic N) is 1. The molecular formula is C24H29FN4O2S. The Balaban J connectivity index is 1.43. The monoisotopic (exact) mass is 456 g/mol. The molecule has 4 N–H and O–H groups in total. The van der Waals surface area contributed by atoms with E-state index in [1.807, 2.05) is 7.05 Å². The van der Waals surface area contributed by atoms with Crippen molar-refractivity contribution in [3.05, 3.63) is 57.9 Å². The van der Waals surface area contributed by atoms with Crippen molar-refractivity contribution < 1.29 is 13.4 Å². The van der Waals surface area contributed by atoms with Crippen LogP contribution in [-0.2, 0) is 41.0 Å². The summed E-state index contributed by atoms with van der Waals surface area (Å²) in [5, 5.41) is 11.9. The van der Waals surface area contributed by atoms with Crippen LogP contribution in [0.2, 0.25) is 0 Å². The van der Waals surface area contributed by atoms with Gasteiger partial charge in [0.2, 0.25) is 0 Å². The maximum atomic E-state index is 14.9. The van der Waals surface area contributed by atoms with Crippen molar-refractivity contribution in [3.8, 4) is 0 Å². The molecule has 170 valence electrons. The molecule has 3 aliphatic rings. The van der Waals surface area contributed by atoms with Gasteiger partial charge in [-0.2, -0.15) is 0 Å². The molecule has 0 radical (unpaired) electrons. The van der Waals surface area contributed by atoms with Crippen LogP contribution in [-0.4, -0.2) is 23.8 Å². The van der Waals surface area contributed by atoms with Crippen LogP contribution in [0, 0.1) is 5.82 Å². The summed E-state index contributed by atoms with van der Waals surface area (Å²) in [7, 11) is -1.85. The molecule has 0 spiro atoms. The summed E-state index contributed by atoms with van der Waals surface area (Å²) >= 11 is 0. The van der Waals surface area contributed by atoms with Crippen LogP contribution < -0.4 is 15.8 Å². The van der Waals surface area contributed by atoms with E-state index in [4.69, 9.17) is 5.14 Å². The van der Waals surface area contributed by atoms with Gasteiger partial charge in [0, 0.05) is 17.6 Å². The van der Waals surface area contributed by atoms with Crippen molar-refractivity contribution >= 4 is 21.6 Å². The van der Waals surface area contributed by atoms with Crippen LogP contribution in [0.5, 0.6) is 0 Å². The van der Waals surface area contributed by atoms with E-state index in [2.05, 4.69) is 21.1 Å². The van der Waals surface area contributed by atoms with Gasteiger partial charge in [-0.1, -0.05) is 12.1 Å². The third-order valence-corrected chi connectivity index (χ3v) is 8.55.